The third kappa shape index (κ3) is 4.25. The molecule has 15 heavy (non-hydrogen) atoms. The van der Waals surface area contributed by atoms with Gasteiger partial charge in [-0.15, -0.1) is 0 Å². The Morgan fingerprint density at radius 3 is 2.73 bits per heavy atom. The van der Waals surface area contributed by atoms with E-state index in [0.717, 1.165) is 31.0 Å². The van der Waals surface area contributed by atoms with Crippen LogP contribution in [0.25, 0.3) is 0 Å². The summed E-state index contributed by atoms with van der Waals surface area (Å²) in [6.07, 6.45) is 2.72. The van der Waals surface area contributed by atoms with Crippen molar-refractivity contribution in [1.82, 2.24) is 15.3 Å². The van der Waals surface area contributed by atoms with Gasteiger partial charge in [-0.3, -0.25) is 0 Å². The van der Waals surface area contributed by atoms with Crippen molar-refractivity contribution >= 4 is 5.82 Å². The summed E-state index contributed by atoms with van der Waals surface area (Å²) < 4.78 is 0. The molecule has 0 aliphatic heterocycles. The maximum absolute atomic E-state index is 4.22. The summed E-state index contributed by atoms with van der Waals surface area (Å²) in [5, 5.41) is 6.39. The number of rotatable bonds is 6. The van der Waals surface area contributed by atoms with Crippen molar-refractivity contribution in [1.29, 1.82) is 0 Å². The van der Waals surface area contributed by atoms with Crippen LogP contribution in [0.2, 0.25) is 0 Å². The molecule has 0 saturated carbocycles. The highest BCUT2D eigenvalue weighted by molar-refractivity contribution is 5.35. The lowest BCUT2D eigenvalue weighted by atomic mass is 10.1. The molecule has 0 saturated heterocycles. The van der Waals surface area contributed by atoms with Gasteiger partial charge in [-0.1, -0.05) is 13.8 Å². The molecule has 0 spiro atoms. The highest BCUT2D eigenvalue weighted by atomic mass is 15.0. The van der Waals surface area contributed by atoms with Crippen LogP contribution in [-0.2, 0) is 0 Å². The molecule has 0 radical (unpaired) electrons. The topological polar surface area (TPSA) is 49.8 Å². The number of hydrogen-bond donors (Lipinski definition) is 2. The van der Waals surface area contributed by atoms with Gasteiger partial charge in [-0.25, -0.2) is 9.97 Å². The van der Waals surface area contributed by atoms with Gasteiger partial charge in [0.15, 0.2) is 0 Å². The first-order valence-corrected chi connectivity index (χ1v) is 5.44. The predicted molar refractivity (Wildman–Crippen MR) is 63.2 cm³/mol. The normalized spacial score (nSPS) is 10.7. The molecule has 0 amide bonds. The minimum absolute atomic E-state index is 0.450. The van der Waals surface area contributed by atoms with Crippen molar-refractivity contribution < 1.29 is 0 Å². The summed E-state index contributed by atoms with van der Waals surface area (Å²) in [4.78, 5) is 8.40. The Morgan fingerprint density at radius 2 is 2.07 bits per heavy atom. The van der Waals surface area contributed by atoms with Crippen LogP contribution in [0.4, 0.5) is 5.82 Å². The van der Waals surface area contributed by atoms with Crippen LogP contribution in [0.3, 0.4) is 0 Å². The van der Waals surface area contributed by atoms with Gasteiger partial charge in [-0.2, -0.15) is 0 Å². The van der Waals surface area contributed by atoms with Crippen LogP contribution in [0, 0.1) is 0 Å². The van der Waals surface area contributed by atoms with E-state index in [9.17, 15) is 0 Å². The molecule has 1 rings (SSSR count). The summed E-state index contributed by atoms with van der Waals surface area (Å²) in [5.74, 6) is 1.37. The van der Waals surface area contributed by atoms with E-state index in [1.54, 1.807) is 6.33 Å². The van der Waals surface area contributed by atoms with E-state index in [-0.39, 0.29) is 0 Å². The molecule has 0 unspecified atom stereocenters. The molecule has 2 N–H and O–H groups in total. The summed E-state index contributed by atoms with van der Waals surface area (Å²) in [5.41, 5.74) is 1.08. The van der Waals surface area contributed by atoms with Gasteiger partial charge in [0.1, 0.15) is 12.1 Å². The molecular weight excluding hydrogens is 188 g/mol. The summed E-state index contributed by atoms with van der Waals surface area (Å²) >= 11 is 0. The van der Waals surface area contributed by atoms with Crippen LogP contribution in [-0.4, -0.2) is 30.1 Å². The zero-order chi connectivity index (χ0) is 11.1. The molecule has 1 aromatic rings. The zero-order valence-corrected chi connectivity index (χ0v) is 9.75. The molecule has 1 heterocycles. The largest absolute Gasteiger partial charge is 0.370 e. The lowest BCUT2D eigenvalue weighted by Crippen LogP contribution is -2.13. The maximum atomic E-state index is 4.22. The fourth-order valence-electron chi connectivity index (χ4n) is 1.27. The molecule has 0 bridgehead atoms. The molecule has 0 aliphatic rings. The van der Waals surface area contributed by atoms with Crippen molar-refractivity contribution in [3.8, 4) is 0 Å². The van der Waals surface area contributed by atoms with Crippen molar-refractivity contribution in [2.24, 2.45) is 0 Å². The molecule has 0 atom stereocenters. The Labute approximate surface area is 91.5 Å². The first-order chi connectivity index (χ1) is 7.24. The SMILES string of the molecule is CNCCCNc1cc(C(C)C)ncn1. The lowest BCUT2D eigenvalue weighted by molar-refractivity contribution is 0.745. The highest BCUT2D eigenvalue weighted by Crippen LogP contribution is 2.13. The van der Waals surface area contributed by atoms with Crippen molar-refractivity contribution in [2.75, 3.05) is 25.5 Å². The van der Waals surface area contributed by atoms with Gasteiger partial charge in [-0.05, 0) is 25.9 Å². The van der Waals surface area contributed by atoms with Gasteiger partial charge in [0.05, 0.1) is 0 Å². The molecular formula is C11H20N4. The number of hydrogen-bond acceptors (Lipinski definition) is 4. The van der Waals surface area contributed by atoms with Crippen LogP contribution in [0.1, 0.15) is 31.9 Å². The van der Waals surface area contributed by atoms with Gasteiger partial charge >= 0.3 is 0 Å². The average molecular weight is 208 g/mol. The average Bonchev–Trinajstić information content (AvgIpc) is 2.25. The van der Waals surface area contributed by atoms with E-state index < -0.39 is 0 Å². The van der Waals surface area contributed by atoms with E-state index in [0.29, 0.717) is 5.92 Å². The Balaban J connectivity index is 2.43. The first kappa shape index (κ1) is 11.9. The Morgan fingerprint density at radius 1 is 1.27 bits per heavy atom. The van der Waals surface area contributed by atoms with Crippen molar-refractivity contribution in [3.63, 3.8) is 0 Å². The maximum Gasteiger partial charge on any atom is 0.129 e. The van der Waals surface area contributed by atoms with Gasteiger partial charge < -0.3 is 10.6 Å². The van der Waals surface area contributed by atoms with Crippen LogP contribution in [0.5, 0.6) is 0 Å². The second-order valence-corrected chi connectivity index (χ2v) is 3.87. The van der Waals surface area contributed by atoms with E-state index >= 15 is 0 Å². The summed E-state index contributed by atoms with van der Waals surface area (Å²) in [7, 11) is 1.96. The molecule has 1 aromatic heterocycles. The molecule has 0 fully saturated rings. The zero-order valence-electron chi connectivity index (χ0n) is 9.75. The highest BCUT2D eigenvalue weighted by Gasteiger charge is 2.01. The predicted octanol–water partition coefficient (Wildman–Crippen LogP) is 1.62. The smallest absolute Gasteiger partial charge is 0.129 e. The van der Waals surface area contributed by atoms with Crippen molar-refractivity contribution in [3.05, 3.63) is 18.1 Å². The number of anilines is 1. The van der Waals surface area contributed by atoms with E-state index in [1.807, 2.05) is 13.1 Å². The fraction of sp³-hybridized carbons (Fsp3) is 0.636. The van der Waals surface area contributed by atoms with Gasteiger partial charge in [0, 0.05) is 18.3 Å². The Kier molecular flexibility index (Phi) is 5.04. The minimum atomic E-state index is 0.450. The van der Waals surface area contributed by atoms with Crippen LogP contribution >= 0.6 is 0 Å². The fourth-order valence-corrected chi connectivity index (χ4v) is 1.27. The third-order valence-corrected chi connectivity index (χ3v) is 2.19. The van der Waals surface area contributed by atoms with Crippen LogP contribution < -0.4 is 10.6 Å². The van der Waals surface area contributed by atoms with Gasteiger partial charge in [0.25, 0.3) is 0 Å². The van der Waals surface area contributed by atoms with E-state index in [2.05, 4.69) is 34.4 Å². The number of nitrogens with zero attached hydrogens (tertiary/aromatic N) is 2. The first-order valence-electron chi connectivity index (χ1n) is 5.44. The van der Waals surface area contributed by atoms with E-state index in [4.69, 9.17) is 0 Å². The molecule has 84 valence electrons. The molecule has 0 aromatic carbocycles. The van der Waals surface area contributed by atoms with E-state index in [1.165, 1.54) is 0 Å². The third-order valence-electron chi connectivity index (χ3n) is 2.19. The number of nitrogens with one attached hydrogen (secondary N) is 2. The molecule has 4 nitrogen and oxygen atoms in total. The standard InChI is InChI=1S/C11H20N4/c1-9(2)10-7-11(15-8-14-10)13-6-4-5-12-3/h7-9,12H,4-6H2,1-3H3,(H,13,14,15). The Bertz CT molecular complexity index is 286. The van der Waals surface area contributed by atoms with Crippen LogP contribution in [0.15, 0.2) is 12.4 Å². The minimum Gasteiger partial charge on any atom is -0.370 e. The summed E-state index contributed by atoms with van der Waals surface area (Å²) in [6.45, 7) is 6.23. The lowest BCUT2D eigenvalue weighted by Gasteiger charge is -2.08. The monoisotopic (exact) mass is 208 g/mol. The molecule has 0 aliphatic carbocycles. The second-order valence-electron chi connectivity index (χ2n) is 3.87. The van der Waals surface area contributed by atoms with Gasteiger partial charge in [0.2, 0.25) is 0 Å². The molecule has 4 heteroatoms. The van der Waals surface area contributed by atoms with Crippen molar-refractivity contribution in [2.45, 2.75) is 26.2 Å². The quantitative estimate of drug-likeness (QED) is 0.697. The second kappa shape index (κ2) is 6.35. The summed E-state index contributed by atoms with van der Waals surface area (Å²) in [6, 6.07) is 2.02. The number of aromatic nitrogens is 2. The Hall–Kier alpha value is -1.16.